The minimum atomic E-state index is -0.967. The molecule has 1 atom stereocenters. The number of methoxy groups -OCH3 is 1. The van der Waals surface area contributed by atoms with E-state index in [0.717, 1.165) is 0 Å². The third-order valence-corrected chi connectivity index (χ3v) is 5.02. The van der Waals surface area contributed by atoms with Crippen molar-refractivity contribution >= 4 is 16.9 Å². The molecule has 0 fully saturated rings. The second-order valence-electron chi connectivity index (χ2n) is 6.85. The molecule has 0 aliphatic rings. The van der Waals surface area contributed by atoms with Crippen molar-refractivity contribution in [2.45, 2.75) is 12.3 Å². The lowest BCUT2D eigenvalue weighted by Gasteiger charge is -2.19. The second kappa shape index (κ2) is 7.91. The molecule has 0 amide bonds. The first-order chi connectivity index (χ1) is 14.9. The number of phenols is 3. The van der Waals surface area contributed by atoms with Crippen LogP contribution in [-0.2, 0) is 9.53 Å². The number of hydrogen-bond donors (Lipinski definition) is 3. The monoisotopic (exact) mass is 422 g/mol. The summed E-state index contributed by atoms with van der Waals surface area (Å²) >= 11 is 0. The molecule has 0 bridgehead atoms. The summed E-state index contributed by atoms with van der Waals surface area (Å²) < 4.78 is 16.1. The number of benzene rings is 2. The van der Waals surface area contributed by atoms with Gasteiger partial charge >= 0.3 is 5.97 Å². The van der Waals surface area contributed by atoms with Gasteiger partial charge in [0.1, 0.15) is 22.5 Å². The molecule has 2 heterocycles. The van der Waals surface area contributed by atoms with Gasteiger partial charge in [0.25, 0.3) is 0 Å². The van der Waals surface area contributed by atoms with Crippen LogP contribution in [0.15, 0.2) is 68.4 Å². The van der Waals surface area contributed by atoms with E-state index in [9.17, 15) is 24.9 Å². The van der Waals surface area contributed by atoms with Crippen LogP contribution in [0.4, 0.5) is 0 Å². The van der Waals surface area contributed by atoms with Crippen molar-refractivity contribution in [2.75, 3.05) is 7.11 Å². The first kappa shape index (κ1) is 20.1. The highest BCUT2D eigenvalue weighted by Gasteiger charge is 2.32. The molecule has 31 heavy (non-hydrogen) atoms. The largest absolute Gasteiger partial charge is 0.504 e. The molecule has 0 radical (unpaired) electrons. The third-order valence-electron chi connectivity index (χ3n) is 5.02. The van der Waals surface area contributed by atoms with Crippen LogP contribution in [0.25, 0.3) is 22.3 Å². The molecule has 4 aromatic rings. The molecule has 0 saturated carbocycles. The van der Waals surface area contributed by atoms with Crippen LogP contribution in [0.3, 0.4) is 0 Å². The van der Waals surface area contributed by atoms with Crippen LogP contribution < -0.4 is 5.43 Å². The van der Waals surface area contributed by atoms with Crippen LogP contribution in [0.2, 0.25) is 0 Å². The van der Waals surface area contributed by atoms with E-state index in [1.807, 2.05) is 0 Å². The van der Waals surface area contributed by atoms with Gasteiger partial charge in [0.05, 0.1) is 31.3 Å². The first-order valence-electron chi connectivity index (χ1n) is 9.32. The van der Waals surface area contributed by atoms with E-state index in [4.69, 9.17) is 13.6 Å². The van der Waals surface area contributed by atoms with Gasteiger partial charge < -0.3 is 28.9 Å². The number of rotatable bonds is 5. The standard InChI is InChI=1S/C23H18O8/c1-29-17(25)10-13(15-8-5-9-30-15)18-20(26)22(28)21(27)19-14(24)11-16(31-23(18)19)12-6-3-2-4-7-12/h2-9,11,13,26-28H,10H2,1H3/t13-/m1/s1. The number of phenolic OH excluding ortho intramolecular Hbond substituents is 3. The van der Waals surface area contributed by atoms with Gasteiger partial charge in [-0.3, -0.25) is 9.59 Å². The normalized spacial score (nSPS) is 12.0. The lowest BCUT2D eigenvalue weighted by Crippen LogP contribution is -2.12. The van der Waals surface area contributed by atoms with Crippen molar-refractivity contribution in [3.05, 3.63) is 76.3 Å². The second-order valence-corrected chi connectivity index (χ2v) is 6.85. The Bertz CT molecular complexity index is 1300. The molecule has 0 aliphatic carbocycles. The predicted octanol–water partition coefficient (Wildman–Crippen LogP) is 3.86. The average Bonchev–Trinajstić information content (AvgIpc) is 3.31. The fourth-order valence-electron chi connectivity index (χ4n) is 3.53. The zero-order valence-corrected chi connectivity index (χ0v) is 16.4. The van der Waals surface area contributed by atoms with Gasteiger partial charge in [0.15, 0.2) is 16.9 Å². The zero-order chi connectivity index (χ0) is 22.1. The summed E-state index contributed by atoms with van der Waals surface area (Å²) in [7, 11) is 1.21. The summed E-state index contributed by atoms with van der Waals surface area (Å²) in [5.74, 6) is -3.60. The zero-order valence-electron chi connectivity index (χ0n) is 16.4. The topological polar surface area (TPSA) is 130 Å². The molecule has 8 nitrogen and oxygen atoms in total. The molecule has 2 aromatic heterocycles. The van der Waals surface area contributed by atoms with Crippen molar-refractivity contribution in [1.29, 1.82) is 0 Å². The van der Waals surface area contributed by atoms with E-state index in [-0.39, 0.29) is 34.5 Å². The van der Waals surface area contributed by atoms with Crippen LogP contribution in [-0.4, -0.2) is 28.4 Å². The third kappa shape index (κ3) is 3.48. The van der Waals surface area contributed by atoms with Crippen molar-refractivity contribution in [3.63, 3.8) is 0 Å². The fraction of sp³-hybridized carbons (Fsp3) is 0.130. The maximum absolute atomic E-state index is 12.9. The van der Waals surface area contributed by atoms with Gasteiger partial charge in [-0.2, -0.15) is 0 Å². The summed E-state index contributed by atoms with van der Waals surface area (Å²) in [4.78, 5) is 25.0. The number of aromatic hydroxyl groups is 3. The number of hydrogen-bond acceptors (Lipinski definition) is 8. The highest BCUT2D eigenvalue weighted by molar-refractivity contribution is 5.93. The Kier molecular flexibility index (Phi) is 5.12. The molecule has 8 heteroatoms. The Morgan fingerprint density at radius 1 is 1.03 bits per heavy atom. The van der Waals surface area contributed by atoms with E-state index in [1.165, 1.54) is 19.4 Å². The van der Waals surface area contributed by atoms with Crippen molar-refractivity contribution in [1.82, 2.24) is 0 Å². The van der Waals surface area contributed by atoms with E-state index in [1.54, 1.807) is 42.5 Å². The molecular formula is C23H18O8. The average molecular weight is 422 g/mol. The minimum Gasteiger partial charge on any atom is -0.504 e. The van der Waals surface area contributed by atoms with Gasteiger partial charge in [-0.1, -0.05) is 30.3 Å². The summed E-state index contributed by atoms with van der Waals surface area (Å²) in [6.45, 7) is 0. The Morgan fingerprint density at radius 2 is 1.77 bits per heavy atom. The highest BCUT2D eigenvalue weighted by atomic mass is 16.5. The Morgan fingerprint density at radius 3 is 2.42 bits per heavy atom. The number of carbonyl (C=O) groups is 1. The molecule has 0 unspecified atom stereocenters. The predicted molar refractivity (Wildman–Crippen MR) is 110 cm³/mol. The summed E-state index contributed by atoms with van der Waals surface area (Å²) in [5, 5.41) is 31.1. The smallest absolute Gasteiger partial charge is 0.306 e. The van der Waals surface area contributed by atoms with Crippen LogP contribution in [0, 0.1) is 0 Å². The lowest BCUT2D eigenvalue weighted by molar-refractivity contribution is -0.140. The van der Waals surface area contributed by atoms with Crippen LogP contribution in [0.1, 0.15) is 23.7 Å². The number of esters is 1. The summed E-state index contributed by atoms with van der Waals surface area (Å²) in [5.41, 5.74) is -0.308. The molecule has 158 valence electrons. The first-order valence-corrected chi connectivity index (χ1v) is 9.32. The number of ether oxygens (including phenoxy) is 1. The van der Waals surface area contributed by atoms with E-state index >= 15 is 0 Å². The Hall–Kier alpha value is -4.20. The lowest BCUT2D eigenvalue weighted by atomic mass is 9.90. The molecule has 4 rings (SSSR count). The van der Waals surface area contributed by atoms with Crippen molar-refractivity contribution in [2.24, 2.45) is 0 Å². The van der Waals surface area contributed by atoms with Crippen molar-refractivity contribution in [3.8, 4) is 28.6 Å². The van der Waals surface area contributed by atoms with Gasteiger partial charge in [-0.15, -0.1) is 0 Å². The van der Waals surface area contributed by atoms with Gasteiger partial charge in [0, 0.05) is 11.6 Å². The number of fused-ring (bicyclic) bond motifs is 1. The highest BCUT2D eigenvalue weighted by Crippen LogP contribution is 2.49. The van der Waals surface area contributed by atoms with Gasteiger partial charge in [0.2, 0.25) is 5.75 Å². The molecule has 0 aliphatic heterocycles. The molecule has 0 saturated heterocycles. The van der Waals surface area contributed by atoms with Crippen LogP contribution in [0.5, 0.6) is 17.2 Å². The van der Waals surface area contributed by atoms with Crippen LogP contribution >= 0.6 is 0 Å². The summed E-state index contributed by atoms with van der Waals surface area (Å²) in [6.07, 6.45) is 1.10. The Labute approximate surface area is 175 Å². The van der Waals surface area contributed by atoms with E-state index in [0.29, 0.717) is 5.56 Å². The molecular weight excluding hydrogens is 404 g/mol. The maximum Gasteiger partial charge on any atom is 0.306 e. The Balaban J connectivity index is 2.08. The molecule has 0 spiro atoms. The number of furan rings is 1. The van der Waals surface area contributed by atoms with Gasteiger partial charge in [-0.05, 0) is 12.1 Å². The van der Waals surface area contributed by atoms with Crippen molar-refractivity contribution < 1.29 is 33.7 Å². The minimum absolute atomic E-state index is 0.0828. The quantitative estimate of drug-likeness (QED) is 0.326. The molecule has 3 N–H and O–H groups in total. The maximum atomic E-state index is 12.9. The number of carbonyl (C=O) groups excluding carboxylic acids is 1. The SMILES string of the molecule is COC(=O)C[C@H](c1ccco1)c1c(O)c(O)c(O)c2c(=O)cc(-c3ccccc3)oc12. The van der Waals surface area contributed by atoms with E-state index in [2.05, 4.69) is 0 Å². The van der Waals surface area contributed by atoms with Gasteiger partial charge in [-0.25, -0.2) is 0 Å². The molecule has 2 aromatic carbocycles. The fourth-order valence-corrected chi connectivity index (χ4v) is 3.53. The summed E-state index contributed by atoms with van der Waals surface area (Å²) in [6, 6.07) is 13.1. The van der Waals surface area contributed by atoms with E-state index < -0.39 is 34.6 Å².